The van der Waals surface area contributed by atoms with E-state index in [1.165, 1.54) is 12.1 Å². The lowest BCUT2D eigenvalue weighted by atomic mass is 10.1. The van der Waals surface area contributed by atoms with Crippen molar-refractivity contribution >= 4 is 23.2 Å². The summed E-state index contributed by atoms with van der Waals surface area (Å²) in [6.45, 7) is 0. The third kappa shape index (κ3) is 4.42. The van der Waals surface area contributed by atoms with E-state index in [2.05, 4.69) is 9.97 Å². The van der Waals surface area contributed by atoms with Crippen molar-refractivity contribution in [2.45, 2.75) is 12.8 Å². The summed E-state index contributed by atoms with van der Waals surface area (Å²) in [5.41, 5.74) is 1.71. The number of nitriles is 1. The topological polar surface area (TPSA) is 78.8 Å². The van der Waals surface area contributed by atoms with Crippen LogP contribution in [0.3, 0.4) is 0 Å². The first-order valence-electron chi connectivity index (χ1n) is 7.74. The molecular formula is C19H13Cl2N3O2. The first-order valence-corrected chi connectivity index (χ1v) is 8.50. The van der Waals surface area contributed by atoms with Crippen LogP contribution in [-0.2, 0) is 12.8 Å². The highest BCUT2D eigenvalue weighted by Gasteiger charge is 2.11. The Bertz CT molecular complexity index is 1030. The van der Waals surface area contributed by atoms with Crippen LogP contribution in [0.1, 0.15) is 16.8 Å². The third-order valence-electron chi connectivity index (χ3n) is 3.66. The number of halogens is 2. The van der Waals surface area contributed by atoms with Crippen molar-refractivity contribution < 1.29 is 4.74 Å². The number of aromatic amines is 1. The molecule has 0 amide bonds. The number of hydrogen-bond donors (Lipinski definition) is 1. The predicted octanol–water partition coefficient (Wildman–Crippen LogP) is 4.53. The van der Waals surface area contributed by atoms with Crippen molar-refractivity contribution in [2.24, 2.45) is 0 Å². The Morgan fingerprint density at radius 1 is 1.12 bits per heavy atom. The van der Waals surface area contributed by atoms with E-state index in [1.54, 1.807) is 24.5 Å². The molecule has 5 nitrogen and oxygen atoms in total. The lowest BCUT2D eigenvalue weighted by Crippen LogP contribution is -2.11. The Labute approximate surface area is 159 Å². The van der Waals surface area contributed by atoms with Crippen LogP contribution in [0.2, 0.25) is 10.0 Å². The van der Waals surface area contributed by atoms with Crippen LogP contribution in [0.4, 0.5) is 0 Å². The summed E-state index contributed by atoms with van der Waals surface area (Å²) in [6.07, 6.45) is 4.78. The molecule has 130 valence electrons. The van der Waals surface area contributed by atoms with Gasteiger partial charge in [0.05, 0.1) is 11.6 Å². The van der Waals surface area contributed by atoms with E-state index in [-0.39, 0.29) is 10.8 Å². The normalized spacial score (nSPS) is 10.3. The van der Waals surface area contributed by atoms with Gasteiger partial charge >= 0.3 is 0 Å². The van der Waals surface area contributed by atoms with Gasteiger partial charge in [0.2, 0.25) is 0 Å². The smallest absolute Gasteiger partial charge is 0.270 e. The average Bonchev–Trinajstić information content (AvgIpc) is 2.64. The minimum Gasteiger partial charge on any atom is -0.455 e. The molecule has 1 aromatic carbocycles. The average molecular weight is 386 g/mol. The molecule has 3 aromatic rings. The fourth-order valence-electron chi connectivity index (χ4n) is 2.42. The number of nitrogens with one attached hydrogen (secondary N) is 1. The van der Waals surface area contributed by atoms with Gasteiger partial charge < -0.3 is 9.72 Å². The van der Waals surface area contributed by atoms with Crippen LogP contribution in [0.5, 0.6) is 11.5 Å². The molecule has 0 atom stereocenters. The second-order valence-corrected chi connectivity index (χ2v) is 6.36. The molecule has 7 heteroatoms. The third-order valence-corrected chi connectivity index (χ3v) is 4.23. The van der Waals surface area contributed by atoms with Crippen LogP contribution in [-0.4, -0.2) is 9.97 Å². The van der Waals surface area contributed by atoms with Crippen LogP contribution < -0.4 is 10.3 Å². The number of ether oxygens (including phenoxy) is 1. The maximum Gasteiger partial charge on any atom is 0.270 e. The minimum atomic E-state index is -0.434. The molecule has 0 spiro atoms. The molecule has 0 unspecified atom stereocenters. The predicted molar refractivity (Wildman–Crippen MR) is 100.0 cm³/mol. The highest BCUT2D eigenvalue weighted by molar-refractivity contribution is 6.32. The van der Waals surface area contributed by atoms with Gasteiger partial charge in [-0.1, -0.05) is 23.2 Å². The fraction of sp³-hybridized carbons (Fsp3) is 0.105. The van der Waals surface area contributed by atoms with E-state index in [0.29, 0.717) is 28.5 Å². The first kappa shape index (κ1) is 18.0. The molecule has 0 saturated carbocycles. The maximum absolute atomic E-state index is 12.1. The Hall–Kier alpha value is -2.81. The van der Waals surface area contributed by atoms with E-state index in [0.717, 1.165) is 12.0 Å². The lowest BCUT2D eigenvalue weighted by Gasteiger charge is -2.10. The van der Waals surface area contributed by atoms with Crippen LogP contribution in [0.15, 0.2) is 53.6 Å². The Kier molecular flexibility index (Phi) is 5.57. The molecule has 0 aliphatic heterocycles. The van der Waals surface area contributed by atoms with Gasteiger partial charge in [0.1, 0.15) is 10.8 Å². The van der Waals surface area contributed by atoms with Gasteiger partial charge in [-0.05, 0) is 48.7 Å². The van der Waals surface area contributed by atoms with Gasteiger partial charge in [-0.3, -0.25) is 9.78 Å². The van der Waals surface area contributed by atoms with E-state index < -0.39 is 5.56 Å². The number of benzene rings is 1. The molecule has 0 fully saturated rings. The SMILES string of the molecule is N#Cc1cc(Cl)cc(Oc2cc(CCc3ccncc3)[nH]c(=O)c2Cl)c1. The number of aryl methyl sites for hydroxylation is 2. The zero-order chi connectivity index (χ0) is 18.5. The van der Waals surface area contributed by atoms with Crippen molar-refractivity contribution in [2.75, 3.05) is 0 Å². The number of pyridine rings is 2. The van der Waals surface area contributed by atoms with E-state index >= 15 is 0 Å². The highest BCUT2D eigenvalue weighted by atomic mass is 35.5. The molecule has 0 aliphatic carbocycles. The molecule has 2 aromatic heterocycles. The molecule has 0 saturated heterocycles. The summed E-state index contributed by atoms with van der Waals surface area (Å²) in [7, 11) is 0. The number of aromatic nitrogens is 2. The molecule has 0 bridgehead atoms. The summed E-state index contributed by atoms with van der Waals surface area (Å²) >= 11 is 12.0. The standard InChI is InChI=1S/C19H13Cl2N3O2/c20-14-7-13(11-22)8-16(9-14)26-17-10-15(24-19(25)18(17)21)2-1-12-3-5-23-6-4-12/h3-10H,1-2H2,(H,24,25). The Morgan fingerprint density at radius 2 is 1.88 bits per heavy atom. The summed E-state index contributed by atoms with van der Waals surface area (Å²) in [5, 5.41) is 9.32. The number of nitrogens with zero attached hydrogens (tertiary/aromatic N) is 2. The van der Waals surface area contributed by atoms with Crippen molar-refractivity contribution in [1.82, 2.24) is 9.97 Å². The first-order chi connectivity index (χ1) is 12.5. The largest absolute Gasteiger partial charge is 0.455 e. The van der Waals surface area contributed by atoms with Gasteiger partial charge in [0.25, 0.3) is 5.56 Å². The van der Waals surface area contributed by atoms with E-state index in [4.69, 9.17) is 33.2 Å². The van der Waals surface area contributed by atoms with Crippen molar-refractivity contribution in [3.8, 4) is 17.6 Å². The van der Waals surface area contributed by atoms with Crippen LogP contribution in [0, 0.1) is 11.3 Å². The summed E-state index contributed by atoms with van der Waals surface area (Å²) < 4.78 is 5.71. The summed E-state index contributed by atoms with van der Waals surface area (Å²) in [6, 6.07) is 12.1. The quantitative estimate of drug-likeness (QED) is 0.699. The summed E-state index contributed by atoms with van der Waals surface area (Å²) in [4.78, 5) is 18.8. The lowest BCUT2D eigenvalue weighted by molar-refractivity contribution is 0.480. The Balaban J connectivity index is 1.85. The molecule has 0 radical (unpaired) electrons. The van der Waals surface area contributed by atoms with Gasteiger partial charge in [0, 0.05) is 29.2 Å². The highest BCUT2D eigenvalue weighted by Crippen LogP contribution is 2.30. The second kappa shape index (κ2) is 8.05. The van der Waals surface area contributed by atoms with Crippen LogP contribution in [0.25, 0.3) is 0 Å². The van der Waals surface area contributed by atoms with E-state index in [1.807, 2.05) is 18.2 Å². The molecular weight excluding hydrogens is 373 g/mol. The van der Waals surface area contributed by atoms with Gasteiger partial charge in [0.15, 0.2) is 5.75 Å². The molecule has 0 aliphatic rings. The van der Waals surface area contributed by atoms with Gasteiger partial charge in [-0.25, -0.2) is 0 Å². The summed E-state index contributed by atoms with van der Waals surface area (Å²) in [5.74, 6) is 0.549. The monoisotopic (exact) mass is 385 g/mol. The number of hydrogen-bond acceptors (Lipinski definition) is 4. The Morgan fingerprint density at radius 3 is 2.62 bits per heavy atom. The zero-order valence-electron chi connectivity index (χ0n) is 13.5. The fourth-order valence-corrected chi connectivity index (χ4v) is 2.79. The second-order valence-electron chi connectivity index (χ2n) is 5.55. The zero-order valence-corrected chi connectivity index (χ0v) is 15.0. The van der Waals surface area contributed by atoms with Crippen molar-refractivity contribution in [3.63, 3.8) is 0 Å². The van der Waals surface area contributed by atoms with Gasteiger partial charge in [-0.15, -0.1) is 0 Å². The molecule has 3 rings (SSSR count). The maximum atomic E-state index is 12.1. The molecule has 1 N–H and O–H groups in total. The number of rotatable bonds is 5. The number of H-pyrrole nitrogens is 1. The van der Waals surface area contributed by atoms with E-state index in [9.17, 15) is 4.79 Å². The molecule has 26 heavy (non-hydrogen) atoms. The van der Waals surface area contributed by atoms with Gasteiger partial charge in [-0.2, -0.15) is 5.26 Å². The van der Waals surface area contributed by atoms with Crippen LogP contribution >= 0.6 is 23.2 Å². The molecule has 2 heterocycles. The van der Waals surface area contributed by atoms with Crippen molar-refractivity contribution in [1.29, 1.82) is 5.26 Å². The minimum absolute atomic E-state index is 0.0591. The van der Waals surface area contributed by atoms with Crippen molar-refractivity contribution in [3.05, 3.63) is 86.0 Å².